The van der Waals surface area contributed by atoms with Gasteiger partial charge in [-0.15, -0.1) is 0 Å². The first-order chi connectivity index (χ1) is 9.46. The molecule has 0 radical (unpaired) electrons. The molecule has 6 heteroatoms. The Morgan fingerprint density at radius 3 is 2.40 bits per heavy atom. The zero-order valence-electron chi connectivity index (χ0n) is 11.1. The summed E-state index contributed by atoms with van der Waals surface area (Å²) in [6, 6.07) is 12.0. The van der Waals surface area contributed by atoms with Gasteiger partial charge in [0.2, 0.25) is 15.6 Å². The van der Waals surface area contributed by atoms with E-state index < -0.39 is 10.0 Å². The second-order valence-electron chi connectivity index (χ2n) is 4.55. The van der Waals surface area contributed by atoms with Crippen LogP contribution in [-0.2, 0) is 29.4 Å². The summed E-state index contributed by atoms with van der Waals surface area (Å²) in [5.41, 5.74) is 1.35. The van der Waals surface area contributed by atoms with Crippen LogP contribution in [-0.4, -0.2) is 13.0 Å². The van der Waals surface area contributed by atoms with Gasteiger partial charge in [-0.1, -0.05) is 36.4 Å². The normalized spacial score (nSPS) is 11.4. The van der Waals surface area contributed by atoms with E-state index in [1.807, 2.05) is 6.07 Å². The molecule has 20 heavy (non-hydrogen) atoms. The Balaban J connectivity index is 2.02. The second-order valence-corrected chi connectivity index (χ2v) is 6.36. The molecule has 2 rings (SSSR count). The van der Waals surface area contributed by atoms with Crippen LogP contribution in [0.15, 0.2) is 53.5 Å². The van der Waals surface area contributed by atoms with Crippen molar-refractivity contribution in [2.24, 2.45) is 7.05 Å². The van der Waals surface area contributed by atoms with Crippen LogP contribution in [0.1, 0.15) is 11.1 Å². The van der Waals surface area contributed by atoms with Crippen molar-refractivity contribution in [1.82, 2.24) is 9.29 Å². The van der Waals surface area contributed by atoms with Gasteiger partial charge in [-0.25, -0.2) is 13.1 Å². The van der Waals surface area contributed by atoms with Crippen molar-refractivity contribution in [2.45, 2.75) is 12.3 Å². The number of hydrogen-bond acceptors (Lipinski definition) is 3. The van der Waals surface area contributed by atoms with Gasteiger partial charge in [0.05, 0.1) is 5.75 Å². The molecule has 5 nitrogen and oxygen atoms in total. The Kier molecular flexibility index (Phi) is 4.36. The van der Waals surface area contributed by atoms with E-state index in [1.165, 1.54) is 10.6 Å². The van der Waals surface area contributed by atoms with Gasteiger partial charge in [-0.3, -0.25) is 4.79 Å². The summed E-state index contributed by atoms with van der Waals surface area (Å²) < 4.78 is 27.8. The smallest absolute Gasteiger partial charge is 0.250 e. The fraction of sp³-hybridized carbons (Fsp3) is 0.214. The molecule has 0 spiro atoms. The van der Waals surface area contributed by atoms with E-state index in [1.54, 1.807) is 43.6 Å². The lowest BCUT2D eigenvalue weighted by Crippen LogP contribution is -2.25. The molecule has 0 saturated heterocycles. The number of pyridine rings is 1. The molecule has 0 atom stereocenters. The zero-order chi connectivity index (χ0) is 14.6. The summed E-state index contributed by atoms with van der Waals surface area (Å²) in [5, 5.41) is 0. The average Bonchev–Trinajstić information content (AvgIpc) is 2.41. The molecular weight excluding hydrogens is 276 g/mol. The highest BCUT2D eigenvalue weighted by Crippen LogP contribution is 2.05. The molecule has 2 aromatic rings. The van der Waals surface area contributed by atoms with Crippen LogP contribution in [0.4, 0.5) is 0 Å². The Labute approximate surface area is 117 Å². The standard InChI is InChI=1S/C14H16N2O3S/c1-16-10-13(7-8-14(16)17)9-15-20(18,19)11-12-5-3-2-4-6-12/h2-8,10,15H,9,11H2,1H3. The first-order valence-corrected chi connectivity index (χ1v) is 7.78. The summed E-state index contributed by atoms with van der Waals surface area (Å²) in [6.07, 6.45) is 1.62. The van der Waals surface area contributed by atoms with Gasteiger partial charge in [0.1, 0.15) is 0 Å². The molecule has 0 saturated carbocycles. The van der Waals surface area contributed by atoms with Crippen LogP contribution in [0, 0.1) is 0 Å². The van der Waals surface area contributed by atoms with E-state index in [0.717, 1.165) is 11.1 Å². The van der Waals surface area contributed by atoms with Gasteiger partial charge in [0, 0.05) is 25.9 Å². The summed E-state index contributed by atoms with van der Waals surface area (Å²) in [4.78, 5) is 11.2. The molecule has 1 aromatic carbocycles. The molecule has 0 fully saturated rings. The molecule has 0 amide bonds. The molecule has 0 aliphatic heterocycles. The summed E-state index contributed by atoms with van der Waals surface area (Å²) in [7, 11) is -1.76. The van der Waals surface area contributed by atoms with Crippen LogP contribution in [0.25, 0.3) is 0 Å². The number of aryl methyl sites for hydroxylation is 1. The van der Waals surface area contributed by atoms with Crippen molar-refractivity contribution in [3.63, 3.8) is 0 Å². The van der Waals surface area contributed by atoms with Gasteiger partial charge in [-0.2, -0.15) is 0 Å². The first kappa shape index (κ1) is 14.5. The van der Waals surface area contributed by atoms with Crippen molar-refractivity contribution in [3.05, 3.63) is 70.1 Å². The second kappa shape index (κ2) is 6.02. The van der Waals surface area contributed by atoms with Crippen molar-refractivity contribution in [1.29, 1.82) is 0 Å². The SMILES string of the molecule is Cn1cc(CNS(=O)(=O)Cc2ccccc2)ccc1=O. The molecule has 0 unspecified atom stereocenters. The topological polar surface area (TPSA) is 68.2 Å². The lowest BCUT2D eigenvalue weighted by Gasteiger charge is -2.07. The fourth-order valence-electron chi connectivity index (χ4n) is 1.79. The van der Waals surface area contributed by atoms with Crippen molar-refractivity contribution >= 4 is 10.0 Å². The number of sulfonamides is 1. The predicted molar refractivity (Wildman–Crippen MR) is 77.6 cm³/mol. The van der Waals surface area contributed by atoms with E-state index in [0.29, 0.717) is 0 Å². The lowest BCUT2D eigenvalue weighted by molar-refractivity contribution is 0.580. The third-order valence-electron chi connectivity index (χ3n) is 2.84. The number of hydrogen-bond donors (Lipinski definition) is 1. The van der Waals surface area contributed by atoms with Crippen LogP contribution >= 0.6 is 0 Å². The molecule has 0 aliphatic carbocycles. The van der Waals surface area contributed by atoms with Crippen LogP contribution in [0.2, 0.25) is 0 Å². The third-order valence-corrected chi connectivity index (χ3v) is 4.14. The molecule has 0 aliphatic rings. The van der Waals surface area contributed by atoms with Crippen molar-refractivity contribution in [2.75, 3.05) is 0 Å². The van der Waals surface area contributed by atoms with Crippen molar-refractivity contribution < 1.29 is 8.42 Å². The minimum Gasteiger partial charge on any atom is -0.318 e. The quantitative estimate of drug-likeness (QED) is 0.894. The molecule has 1 heterocycles. The van der Waals surface area contributed by atoms with E-state index >= 15 is 0 Å². The zero-order valence-corrected chi connectivity index (χ0v) is 11.9. The minimum atomic E-state index is -3.39. The summed E-state index contributed by atoms with van der Waals surface area (Å²) in [6.45, 7) is 0.170. The molecule has 1 N–H and O–H groups in total. The van der Waals surface area contributed by atoms with E-state index in [9.17, 15) is 13.2 Å². The lowest BCUT2D eigenvalue weighted by atomic mass is 10.2. The molecule has 0 bridgehead atoms. The maximum absolute atomic E-state index is 11.9. The maximum atomic E-state index is 11.9. The molecule has 1 aromatic heterocycles. The van der Waals surface area contributed by atoms with Gasteiger partial charge < -0.3 is 4.57 Å². The highest BCUT2D eigenvalue weighted by Gasteiger charge is 2.11. The Morgan fingerprint density at radius 1 is 1.05 bits per heavy atom. The number of aromatic nitrogens is 1. The molecule has 106 valence electrons. The van der Waals surface area contributed by atoms with E-state index in [4.69, 9.17) is 0 Å². The summed E-state index contributed by atoms with van der Waals surface area (Å²) >= 11 is 0. The van der Waals surface area contributed by atoms with Crippen LogP contribution < -0.4 is 10.3 Å². The predicted octanol–water partition coefficient (Wildman–Crippen LogP) is 1.00. The fourth-order valence-corrected chi connectivity index (χ4v) is 2.91. The highest BCUT2D eigenvalue weighted by atomic mass is 32.2. The van der Waals surface area contributed by atoms with Gasteiger partial charge in [-0.05, 0) is 11.1 Å². The number of nitrogens with one attached hydrogen (secondary N) is 1. The van der Waals surface area contributed by atoms with Crippen molar-refractivity contribution in [3.8, 4) is 0 Å². The van der Waals surface area contributed by atoms with Gasteiger partial charge in [0.15, 0.2) is 0 Å². The Bertz CT molecular complexity index is 737. The highest BCUT2D eigenvalue weighted by molar-refractivity contribution is 7.88. The Morgan fingerprint density at radius 2 is 1.75 bits per heavy atom. The van der Waals surface area contributed by atoms with Crippen LogP contribution in [0.3, 0.4) is 0 Å². The number of nitrogens with zero attached hydrogens (tertiary/aromatic N) is 1. The maximum Gasteiger partial charge on any atom is 0.250 e. The number of rotatable bonds is 5. The largest absolute Gasteiger partial charge is 0.318 e. The van der Waals surface area contributed by atoms with Crippen LogP contribution in [0.5, 0.6) is 0 Å². The van der Waals surface area contributed by atoms with Gasteiger partial charge >= 0.3 is 0 Å². The Hall–Kier alpha value is -1.92. The summed E-state index contributed by atoms with van der Waals surface area (Å²) in [5.74, 6) is -0.0559. The third kappa shape index (κ3) is 4.04. The van der Waals surface area contributed by atoms with E-state index in [2.05, 4.69) is 4.72 Å². The average molecular weight is 292 g/mol. The van der Waals surface area contributed by atoms with E-state index in [-0.39, 0.29) is 17.9 Å². The molecular formula is C14H16N2O3S. The first-order valence-electron chi connectivity index (χ1n) is 6.13. The monoisotopic (exact) mass is 292 g/mol. The van der Waals surface area contributed by atoms with Gasteiger partial charge in [0.25, 0.3) is 0 Å². The minimum absolute atomic E-state index is 0.0559. The number of benzene rings is 1.